The van der Waals surface area contributed by atoms with Crippen molar-refractivity contribution in [2.75, 3.05) is 0 Å². The van der Waals surface area contributed by atoms with E-state index in [-0.39, 0.29) is 15.5 Å². The SMILES string of the molecule is Cc1cc(S(=O)(=O)Cl)cc(C(=O)Cl)c1Cl. The van der Waals surface area contributed by atoms with E-state index < -0.39 is 14.3 Å². The summed E-state index contributed by atoms with van der Waals surface area (Å²) in [6.45, 7) is 1.55. The Labute approximate surface area is 101 Å². The van der Waals surface area contributed by atoms with Crippen molar-refractivity contribution in [3.8, 4) is 0 Å². The first-order chi connectivity index (χ1) is 6.73. The first-order valence-corrected chi connectivity index (χ1v) is 6.74. The predicted octanol–water partition coefficient (Wildman–Crippen LogP) is 2.95. The molecule has 0 unspecified atom stereocenters. The van der Waals surface area contributed by atoms with Gasteiger partial charge in [0, 0.05) is 10.7 Å². The molecule has 0 aromatic heterocycles. The molecule has 1 rings (SSSR count). The number of hydrogen-bond donors (Lipinski definition) is 0. The van der Waals surface area contributed by atoms with Crippen LogP contribution in [0.4, 0.5) is 0 Å². The van der Waals surface area contributed by atoms with Gasteiger partial charge < -0.3 is 0 Å². The van der Waals surface area contributed by atoms with Crippen molar-refractivity contribution in [2.24, 2.45) is 0 Å². The first kappa shape index (κ1) is 12.8. The summed E-state index contributed by atoms with van der Waals surface area (Å²) < 4.78 is 22.1. The molecule has 82 valence electrons. The van der Waals surface area contributed by atoms with Gasteiger partial charge in [-0.05, 0) is 36.2 Å². The molecule has 3 nitrogen and oxygen atoms in total. The molecular formula is C8H5Cl3O3S. The lowest BCUT2D eigenvalue weighted by Gasteiger charge is -2.05. The van der Waals surface area contributed by atoms with Gasteiger partial charge in [0.25, 0.3) is 14.3 Å². The van der Waals surface area contributed by atoms with Gasteiger partial charge in [0.1, 0.15) is 0 Å². The number of halogens is 3. The molecule has 0 aliphatic heterocycles. The van der Waals surface area contributed by atoms with E-state index in [2.05, 4.69) is 0 Å². The summed E-state index contributed by atoms with van der Waals surface area (Å²) in [7, 11) is 1.24. The fourth-order valence-corrected chi connectivity index (χ4v) is 2.26. The number of carbonyl (C=O) groups excluding carboxylic acids is 1. The van der Waals surface area contributed by atoms with Crippen molar-refractivity contribution in [2.45, 2.75) is 11.8 Å². The highest BCUT2D eigenvalue weighted by atomic mass is 35.7. The van der Waals surface area contributed by atoms with E-state index in [0.29, 0.717) is 5.56 Å². The Hall–Kier alpha value is -0.290. The summed E-state index contributed by atoms with van der Waals surface area (Å²) in [6, 6.07) is 2.32. The van der Waals surface area contributed by atoms with E-state index in [1.807, 2.05) is 0 Å². The van der Waals surface area contributed by atoms with Gasteiger partial charge >= 0.3 is 0 Å². The summed E-state index contributed by atoms with van der Waals surface area (Å²) in [5.41, 5.74) is 0.347. The van der Waals surface area contributed by atoms with Crippen molar-refractivity contribution in [3.05, 3.63) is 28.3 Å². The second kappa shape index (κ2) is 4.29. The maximum atomic E-state index is 11.0. The van der Waals surface area contributed by atoms with E-state index in [4.69, 9.17) is 33.9 Å². The van der Waals surface area contributed by atoms with E-state index in [9.17, 15) is 13.2 Å². The second-order valence-electron chi connectivity index (χ2n) is 2.81. The van der Waals surface area contributed by atoms with Gasteiger partial charge in [-0.3, -0.25) is 4.79 Å². The van der Waals surface area contributed by atoms with Crippen LogP contribution in [0.1, 0.15) is 15.9 Å². The first-order valence-electron chi connectivity index (χ1n) is 3.68. The zero-order valence-electron chi connectivity index (χ0n) is 7.42. The third-order valence-corrected chi connectivity index (χ3v) is 3.76. The maximum Gasteiger partial charge on any atom is 0.261 e. The van der Waals surface area contributed by atoms with Crippen molar-refractivity contribution in [1.29, 1.82) is 0 Å². The normalized spacial score (nSPS) is 11.5. The Morgan fingerprint density at radius 1 is 1.33 bits per heavy atom. The molecule has 0 saturated heterocycles. The van der Waals surface area contributed by atoms with Crippen LogP contribution in [0.3, 0.4) is 0 Å². The summed E-state index contributed by atoms with van der Waals surface area (Å²) in [4.78, 5) is 10.7. The predicted molar refractivity (Wildman–Crippen MR) is 59.4 cm³/mol. The van der Waals surface area contributed by atoms with Crippen LogP contribution in [-0.2, 0) is 9.05 Å². The van der Waals surface area contributed by atoms with Gasteiger partial charge in [-0.2, -0.15) is 0 Å². The number of benzene rings is 1. The highest BCUT2D eigenvalue weighted by Crippen LogP contribution is 2.27. The van der Waals surface area contributed by atoms with Gasteiger partial charge in [0.05, 0.1) is 15.5 Å². The molecule has 0 heterocycles. The summed E-state index contributed by atoms with van der Waals surface area (Å²) >= 11 is 11.0. The van der Waals surface area contributed by atoms with Crippen LogP contribution in [0.25, 0.3) is 0 Å². The third-order valence-electron chi connectivity index (χ3n) is 1.72. The smallest absolute Gasteiger partial charge is 0.261 e. The Balaban J connectivity index is 3.57. The monoisotopic (exact) mass is 286 g/mol. The van der Waals surface area contributed by atoms with Gasteiger partial charge in [-0.1, -0.05) is 11.6 Å². The second-order valence-corrected chi connectivity index (χ2v) is 6.10. The van der Waals surface area contributed by atoms with Crippen molar-refractivity contribution < 1.29 is 13.2 Å². The summed E-state index contributed by atoms with van der Waals surface area (Å²) in [5, 5.41) is -0.704. The zero-order chi connectivity index (χ0) is 11.8. The van der Waals surface area contributed by atoms with Crippen molar-refractivity contribution >= 4 is 48.2 Å². The highest BCUT2D eigenvalue weighted by molar-refractivity contribution is 8.13. The van der Waals surface area contributed by atoms with Crippen LogP contribution in [0, 0.1) is 6.92 Å². The molecule has 0 saturated carbocycles. The van der Waals surface area contributed by atoms with E-state index in [1.54, 1.807) is 6.92 Å². The lowest BCUT2D eigenvalue weighted by Crippen LogP contribution is -1.98. The average molecular weight is 288 g/mol. The molecule has 15 heavy (non-hydrogen) atoms. The van der Waals surface area contributed by atoms with Gasteiger partial charge in [0.2, 0.25) is 0 Å². The molecule has 0 amide bonds. The number of carbonyl (C=O) groups is 1. The molecule has 0 fully saturated rings. The lowest BCUT2D eigenvalue weighted by atomic mass is 10.1. The standard InChI is InChI=1S/C8H5Cl3O3S/c1-4-2-5(15(11,13)14)3-6(7(4)9)8(10)12/h2-3H,1H3. The van der Waals surface area contributed by atoms with Gasteiger partial charge in [-0.15, -0.1) is 0 Å². The minimum atomic E-state index is -3.90. The average Bonchev–Trinajstić information content (AvgIpc) is 2.06. The molecule has 1 aromatic rings. The summed E-state index contributed by atoms with van der Waals surface area (Å²) in [6.07, 6.45) is 0. The Morgan fingerprint density at radius 3 is 2.27 bits per heavy atom. The van der Waals surface area contributed by atoms with Crippen LogP contribution in [0.5, 0.6) is 0 Å². The molecule has 0 radical (unpaired) electrons. The number of hydrogen-bond acceptors (Lipinski definition) is 3. The molecule has 0 atom stereocenters. The molecule has 0 N–H and O–H groups in total. The van der Waals surface area contributed by atoms with Crippen LogP contribution < -0.4 is 0 Å². The lowest BCUT2D eigenvalue weighted by molar-refractivity contribution is 0.108. The van der Waals surface area contributed by atoms with Crippen LogP contribution in [-0.4, -0.2) is 13.7 Å². The van der Waals surface area contributed by atoms with Crippen molar-refractivity contribution in [1.82, 2.24) is 0 Å². The Bertz CT molecular complexity index is 522. The van der Waals surface area contributed by atoms with E-state index in [0.717, 1.165) is 6.07 Å². The number of aryl methyl sites for hydroxylation is 1. The van der Waals surface area contributed by atoms with E-state index in [1.165, 1.54) is 6.07 Å². The number of rotatable bonds is 2. The molecule has 7 heteroatoms. The molecule has 1 aromatic carbocycles. The minimum Gasteiger partial charge on any atom is -0.276 e. The summed E-state index contributed by atoms with van der Waals surface area (Å²) in [5.74, 6) is 0. The Morgan fingerprint density at radius 2 is 1.87 bits per heavy atom. The quantitative estimate of drug-likeness (QED) is 0.786. The van der Waals surface area contributed by atoms with Crippen molar-refractivity contribution in [3.63, 3.8) is 0 Å². The van der Waals surface area contributed by atoms with Gasteiger partial charge in [0.15, 0.2) is 0 Å². The Kier molecular flexibility index (Phi) is 3.66. The third kappa shape index (κ3) is 2.84. The molecule has 0 aliphatic carbocycles. The highest BCUT2D eigenvalue weighted by Gasteiger charge is 2.17. The fourth-order valence-electron chi connectivity index (χ4n) is 1.02. The molecular weight excluding hydrogens is 283 g/mol. The molecule has 0 spiro atoms. The zero-order valence-corrected chi connectivity index (χ0v) is 10.5. The van der Waals surface area contributed by atoms with E-state index >= 15 is 0 Å². The van der Waals surface area contributed by atoms with Gasteiger partial charge in [-0.25, -0.2) is 8.42 Å². The topological polar surface area (TPSA) is 51.2 Å². The van der Waals surface area contributed by atoms with Crippen LogP contribution in [0.2, 0.25) is 5.02 Å². The maximum absolute atomic E-state index is 11.0. The van der Waals surface area contributed by atoms with Crippen LogP contribution >= 0.6 is 33.9 Å². The fraction of sp³-hybridized carbons (Fsp3) is 0.125. The van der Waals surface area contributed by atoms with Crippen LogP contribution in [0.15, 0.2) is 17.0 Å². The minimum absolute atomic E-state index is 0.0717. The largest absolute Gasteiger partial charge is 0.276 e. The molecule has 0 bridgehead atoms. The molecule has 0 aliphatic rings.